The van der Waals surface area contributed by atoms with Gasteiger partial charge in [-0.25, -0.2) is 9.78 Å². The van der Waals surface area contributed by atoms with Crippen LogP contribution in [-0.2, 0) is 6.54 Å². The van der Waals surface area contributed by atoms with Gasteiger partial charge in [0.15, 0.2) is 0 Å². The number of aromatic nitrogens is 1. The second-order valence-electron chi connectivity index (χ2n) is 4.14. The summed E-state index contributed by atoms with van der Waals surface area (Å²) >= 11 is 1.63. The summed E-state index contributed by atoms with van der Waals surface area (Å²) in [6.45, 7) is 2.84. The van der Waals surface area contributed by atoms with E-state index >= 15 is 0 Å². The van der Waals surface area contributed by atoms with Crippen LogP contribution in [0.15, 0.2) is 35.8 Å². The van der Waals surface area contributed by atoms with Crippen LogP contribution in [0.25, 0.3) is 0 Å². The highest BCUT2D eigenvalue weighted by Gasteiger charge is 2.06. The Labute approximate surface area is 115 Å². The van der Waals surface area contributed by atoms with Gasteiger partial charge in [-0.05, 0) is 24.6 Å². The Kier molecular flexibility index (Phi) is 4.48. The molecule has 1 aromatic heterocycles. The maximum Gasteiger partial charge on any atom is 0.316 e. The van der Waals surface area contributed by atoms with E-state index in [1.165, 1.54) is 0 Å². The molecule has 0 aliphatic carbocycles. The SMILES string of the molecule is CC(NCc1nccs1)c1ccc(NC(N)=O)cc1. The summed E-state index contributed by atoms with van der Waals surface area (Å²) in [5.41, 5.74) is 6.90. The minimum Gasteiger partial charge on any atom is -0.351 e. The topological polar surface area (TPSA) is 80.0 Å². The number of rotatable bonds is 5. The van der Waals surface area contributed by atoms with Crippen LogP contribution in [0.4, 0.5) is 10.5 Å². The predicted molar refractivity (Wildman–Crippen MR) is 77.0 cm³/mol. The van der Waals surface area contributed by atoms with Gasteiger partial charge in [-0.3, -0.25) is 0 Å². The molecule has 0 spiro atoms. The molecule has 2 rings (SSSR count). The Morgan fingerprint density at radius 2 is 2.16 bits per heavy atom. The van der Waals surface area contributed by atoms with Gasteiger partial charge in [0.2, 0.25) is 0 Å². The number of nitrogens with two attached hydrogens (primary N) is 1. The van der Waals surface area contributed by atoms with Gasteiger partial charge in [-0.1, -0.05) is 12.1 Å². The fraction of sp³-hybridized carbons (Fsp3) is 0.231. The number of thiazole rings is 1. The van der Waals surface area contributed by atoms with Crippen LogP contribution in [0.1, 0.15) is 23.5 Å². The molecule has 2 aromatic rings. The lowest BCUT2D eigenvalue weighted by atomic mass is 10.1. The van der Waals surface area contributed by atoms with Gasteiger partial charge in [-0.15, -0.1) is 11.3 Å². The van der Waals surface area contributed by atoms with Gasteiger partial charge in [0.1, 0.15) is 5.01 Å². The van der Waals surface area contributed by atoms with E-state index in [0.717, 1.165) is 17.1 Å². The second kappa shape index (κ2) is 6.31. The third-order valence-electron chi connectivity index (χ3n) is 2.72. The van der Waals surface area contributed by atoms with Crippen LogP contribution in [0.2, 0.25) is 0 Å². The molecule has 2 amide bonds. The number of benzene rings is 1. The minimum absolute atomic E-state index is 0.214. The molecule has 4 N–H and O–H groups in total. The Bertz CT molecular complexity index is 524. The molecule has 1 unspecified atom stereocenters. The van der Waals surface area contributed by atoms with Crippen LogP contribution in [0.5, 0.6) is 0 Å². The van der Waals surface area contributed by atoms with Crippen molar-refractivity contribution in [3.05, 3.63) is 46.4 Å². The number of carbonyl (C=O) groups is 1. The number of primary amides is 1. The molecule has 1 atom stereocenters. The molecule has 100 valence electrons. The molecular formula is C13H16N4OS. The summed E-state index contributed by atoms with van der Waals surface area (Å²) < 4.78 is 0. The van der Waals surface area contributed by atoms with Crippen molar-refractivity contribution in [2.45, 2.75) is 19.5 Å². The van der Waals surface area contributed by atoms with Crippen LogP contribution < -0.4 is 16.4 Å². The number of nitrogens with one attached hydrogen (secondary N) is 2. The Morgan fingerprint density at radius 1 is 1.42 bits per heavy atom. The quantitative estimate of drug-likeness (QED) is 0.785. The summed E-state index contributed by atoms with van der Waals surface area (Å²) in [5.74, 6) is 0. The molecule has 19 heavy (non-hydrogen) atoms. The minimum atomic E-state index is -0.553. The van der Waals surface area contributed by atoms with Gasteiger partial charge >= 0.3 is 6.03 Å². The van der Waals surface area contributed by atoms with Crippen molar-refractivity contribution < 1.29 is 4.79 Å². The Morgan fingerprint density at radius 3 is 2.74 bits per heavy atom. The van der Waals surface area contributed by atoms with Crippen molar-refractivity contribution in [1.29, 1.82) is 0 Å². The summed E-state index contributed by atoms with van der Waals surface area (Å²) in [4.78, 5) is 14.9. The molecule has 1 heterocycles. The summed E-state index contributed by atoms with van der Waals surface area (Å²) in [6, 6.07) is 7.26. The number of nitrogens with zero attached hydrogens (tertiary/aromatic N) is 1. The first-order valence-corrected chi connectivity index (χ1v) is 6.81. The van der Waals surface area contributed by atoms with Gasteiger partial charge in [0.05, 0.1) is 0 Å². The van der Waals surface area contributed by atoms with E-state index < -0.39 is 6.03 Å². The fourth-order valence-corrected chi connectivity index (χ4v) is 2.26. The molecule has 5 nitrogen and oxygen atoms in total. The number of carbonyl (C=O) groups excluding carboxylic acids is 1. The highest BCUT2D eigenvalue weighted by Crippen LogP contribution is 2.16. The molecule has 0 radical (unpaired) electrons. The van der Waals surface area contributed by atoms with E-state index in [4.69, 9.17) is 5.73 Å². The van der Waals surface area contributed by atoms with E-state index in [-0.39, 0.29) is 6.04 Å². The Balaban J connectivity index is 1.91. The lowest BCUT2D eigenvalue weighted by molar-refractivity contribution is 0.259. The molecule has 0 aliphatic rings. The maximum absolute atomic E-state index is 10.7. The van der Waals surface area contributed by atoms with Crippen molar-refractivity contribution in [3.63, 3.8) is 0 Å². The number of urea groups is 1. The normalized spacial score (nSPS) is 12.1. The monoisotopic (exact) mass is 276 g/mol. The van der Waals surface area contributed by atoms with Crippen molar-refractivity contribution in [3.8, 4) is 0 Å². The third-order valence-corrected chi connectivity index (χ3v) is 3.50. The lowest BCUT2D eigenvalue weighted by Crippen LogP contribution is -2.20. The van der Waals surface area contributed by atoms with Crippen molar-refractivity contribution >= 4 is 23.1 Å². The molecule has 0 bridgehead atoms. The number of amides is 2. The van der Waals surface area contributed by atoms with Gasteiger partial charge in [0.25, 0.3) is 0 Å². The zero-order valence-corrected chi connectivity index (χ0v) is 11.4. The zero-order chi connectivity index (χ0) is 13.7. The average Bonchev–Trinajstić information content (AvgIpc) is 2.89. The zero-order valence-electron chi connectivity index (χ0n) is 10.6. The first-order valence-electron chi connectivity index (χ1n) is 5.93. The number of hydrogen-bond donors (Lipinski definition) is 3. The highest BCUT2D eigenvalue weighted by atomic mass is 32.1. The molecular weight excluding hydrogens is 260 g/mol. The fourth-order valence-electron chi connectivity index (χ4n) is 1.70. The van der Waals surface area contributed by atoms with Crippen molar-refractivity contribution in [1.82, 2.24) is 10.3 Å². The average molecular weight is 276 g/mol. The van der Waals surface area contributed by atoms with Gasteiger partial charge in [-0.2, -0.15) is 0 Å². The van der Waals surface area contributed by atoms with E-state index in [9.17, 15) is 4.79 Å². The van der Waals surface area contributed by atoms with Crippen LogP contribution in [0.3, 0.4) is 0 Å². The summed E-state index contributed by atoms with van der Waals surface area (Å²) in [5, 5.41) is 8.97. The van der Waals surface area contributed by atoms with E-state index in [0.29, 0.717) is 5.69 Å². The van der Waals surface area contributed by atoms with Crippen molar-refractivity contribution in [2.24, 2.45) is 5.73 Å². The smallest absolute Gasteiger partial charge is 0.316 e. The summed E-state index contributed by atoms with van der Waals surface area (Å²) in [6.07, 6.45) is 1.80. The van der Waals surface area contributed by atoms with Crippen LogP contribution in [0, 0.1) is 0 Å². The predicted octanol–water partition coefficient (Wildman–Crippen LogP) is 2.48. The van der Waals surface area contributed by atoms with E-state index in [1.807, 2.05) is 29.6 Å². The maximum atomic E-state index is 10.7. The lowest BCUT2D eigenvalue weighted by Gasteiger charge is -2.13. The van der Waals surface area contributed by atoms with E-state index in [1.54, 1.807) is 17.5 Å². The van der Waals surface area contributed by atoms with Gasteiger partial charge < -0.3 is 16.4 Å². The first kappa shape index (κ1) is 13.5. The van der Waals surface area contributed by atoms with Gasteiger partial charge in [0, 0.05) is 29.9 Å². The number of anilines is 1. The van der Waals surface area contributed by atoms with Crippen LogP contribution in [-0.4, -0.2) is 11.0 Å². The third kappa shape index (κ3) is 4.04. The molecule has 0 saturated heterocycles. The Hall–Kier alpha value is -1.92. The largest absolute Gasteiger partial charge is 0.351 e. The first-order chi connectivity index (χ1) is 9.15. The highest BCUT2D eigenvalue weighted by molar-refractivity contribution is 7.09. The molecule has 6 heteroatoms. The molecule has 0 saturated carbocycles. The standard InChI is InChI=1S/C13H16N4OS/c1-9(16-8-12-15-6-7-19-12)10-2-4-11(5-3-10)17-13(14)18/h2-7,9,16H,8H2,1H3,(H3,14,17,18). The molecule has 0 aliphatic heterocycles. The second-order valence-corrected chi connectivity index (χ2v) is 5.12. The molecule has 0 fully saturated rings. The van der Waals surface area contributed by atoms with Crippen LogP contribution >= 0.6 is 11.3 Å². The van der Waals surface area contributed by atoms with Crippen molar-refractivity contribution in [2.75, 3.05) is 5.32 Å². The summed E-state index contributed by atoms with van der Waals surface area (Å²) in [7, 11) is 0. The van der Waals surface area contributed by atoms with E-state index in [2.05, 4.69) is 22.5 Å². The number of hydrogen-bond acceptors (Lipinski definition) is 4. The molecule has 1 aromatic carbocycles.